The Labute approximate surface area is 78.7 Å². The van der Waals surface area contributed by atoms with Crippen LogP contribution in [-0.4, -0.2) is 54.4 Å². The molecule has 0 bridgehead atoms. The van der Waals surface area contributed by atoms with Crippen molar-refractivity contribution in [2.45, 2.75) is 12.3 Å². The fourth-order valence-corrected chi connectivity index (χ4v) is 1.14. The Morgan fingerprint density at radius 2 is 1.86 bits per heavy atom. The normalized spacial score (nSPS) is 20.7. The molecule has 1 saturated heterocycles. The van der Waals surface area contributed by atoms with Gasteiger partial charge in [0.1, 0.15) is 0 Å². The van der Waals surface area contributed by atoms with E-state index in [9.17, 15) is 18.0 Å². The minimum atomic E-state index is -4.88. The van der Waals surface area contributed by atoms with E-state index in [1.165, 1.54) is 0 Å². The molecule has 1 aliphatic heterocycles. The molecule has 7 heteroatoms. The van der Waals surface area contributed by atoms with Crippen molar-refractivity contribution >= 4 is 5.91 Å². The number of aliphatic hydroxyl groups is 1. The van der Waals surface area contributed by atoms with Gasteiger partial charge in [-0.2, -0.15) is 13.2 Å². The van der Waals surface area contributed by atoms with Crippen molar-refractivity contribution in [1.29, 1.82) is 0 Å². The Kier molecular flexibility index (Phi) is 3.33. The van der Waals surface area contributed by atoms with Gasteiger partial charge in [-0.1, -0.05) is 0 Å². The van der Waals surface area contributed by atoms with Crippen molar-refractivity contribution in [3.63, 3.8) is 0 Å². The first-order chi connectivity index (χ1) is 6.43. The van der Waals surface area contributed by atoms with Crippen LogP contribution in [0.25, 0.3) is 0 Å². The van der Waals surface area contributed by atoms with Crippen molar-refractivity contribution in [1.82, 2.24) is 10.2 Å². The van der Waals surface area contributed by atoms with Crippen molar-refractivity contribution < 1.29 is 23.1 Å². The van der Waals surface area contributed by atoms with Crippen LogP contribution in [0.5, 0.6) is 0 Å². The average Bonchev–Trinajstić information content (AvgIpc) is 2.15. The first-order valence-corrected chi connectivity index (χ1v) is 4.10. The molecule has 1 heterocycles. The molecule has 0 spiro atoms. The van der Waals surface area contributed by atoms with Crippen LogP contribution >= 0.6 is 0 Å². The van der Waals surface area contributed by atoms with Gasteiger partial charge in [0.25, 0.3) is 5.91 Å². The lowest BCUT2D eigenvalue weighted by molar-refractivity contribution is -0.210. The molecule has 81 valence electrons. The van der Waals surface area contributed by atoms with E-state index in [4.69, 9.17) is 5.11 Å². The molecular weight excluding hydrogens is 201 g/mol. The zero-order valence-corrected chi connectivity index (χ0v) is 7.29. The van der Waals surface area contributed by atoms with E-state index < -0.39 is 18.2 Å². The largest absolute Gasteiger partial charge is 0.423 e. The van der Waals surface area contributed by atoms with E-state index in [2.05, 4.69) is 5.32 Å². The molecule has 1 radical (unpaired) electrons. The molecule has 0 aromatic heterocycles. The number of halogens is 3. The van der Waals surface area contributed by atoms with E-state index in [0.717, 1.165) is 4.90 Å². The maximum Gasteiger partial charge on any atom is 0.423 e. The van der Waals surface area contributed by atoms with Crippen molar-refractivity contribution in [3.8, 4) is 0 Å². The number of piperazine rings is 1. The standard InChI is InChI=1S/C7H10F3N2O2/c8-7(9,10)5(13)6(14)12-3-1-11-2-4-12/h5,13H,1-4H2. The van der Waals surface area contributed by atoms with Gasteiger partial charge in [0.15, 0.2) is 0 Å². The SMILES string of the molecule is O=C(C(O)C(F)(F)F)N1CC[N]CC1. The molecule has 14 heavy (non-hydrogen) atoms. The van der Waals surface area contributed by atoms with Crippen LogP contribution in [-0.2, 0) is 4.79 Å². The number of carbonyl (C=O) groups is 1. The molecular formula is C7H10F3N2O2. The van der Waals surface area contributed by atoms with E-state index in [0.29, 0.717) is 13.1 Å². The molecule has 1 aliphatic rings. The van der Waals surface area contributed by atoms with Crippen molar-refractivity contribution in [2.75, 3.05) is 26.2 Å². The fourth-order valence-electron chi connectivity index (χ4n) is 1.14. The molecule has 0 saturated carbocycles. The lowest BCUT2D eigenvalue weighted by Crippen LogP contribution is -2.51. The zero-order valence-electron chi connectivity index (χ0n) is 7.29. The van der Waals surface area contributed by atoms with Crippen LogP contribution in [0.1, 0.15) is 0 Å². The molecule has 4 nitrogen and oxygen atoms in total. The van der Waals surface area contributed by atoms with Crippen LogP contribution in [0.2, 0.25) is 0 Å². The maximum atomic E-state index is 11.9. The first kappa shape index (κ1) is 11.3. The molecule has 1 atom stereocenters. The number of rotatable bonds is 1. The highest BCUT2D eigenvalue weighted by Crippen LogP contribution is 2.21. The lowest BCUT2D eigenvalue weighted by Gasteiger charge is -2.28. The number of aliphatic hydroxyl groups excluding tert-OH is 1. The second-order valence-electron chi connectivity index (χ2n) is 2.94. The predicted molar refractivity (Wildman–Crippen MR) is 40.5 cm³/mol. The van der Waals surface area contributed by atoms with Gasteiger partial charge >= 0.3 is 6.18 Å². The average molecular weight is 211 g/mol. The highest BCUT2D eigenvalue weighted by atomic mass is 19.4. The number of carbonyl (C=O) groups excluding carboxylic acids is 1. The quantitative estimate of drug-likeness (QED) is 0.627. The predicted octanol–water partition coefficient (Wildman–Crippen LogP) is -0.644. The fraction of sp³-hybridized carbons (Fsp3) is 0.857. The molecule has 1 unspecified atom stereocenters. The Balaban J connectivity index is 2.55. The highest BCUT2D eigenvalue weighted by Gasteiger charge is 2.45. The summed E-state index contributed by atoms with van der Waals surface area (Å²) in [5, 5.41) is 12.5. The third kappa shape index (κ3) is 2.58. The summed E-state index contributed by atoms with van der Waals surface area (Å²) in [6, 6.07) is 0. The Morgan fingerprint density at radius 3 is 2.29 bits per heavy atom. The molecule has 1 N–H and O–H groups in total. The Hall–Kier alpha value is -0.820. The highest BCUT2D eigenvalue weighted by molar-refractivity contribution is 5.81. The topological polar surface area (TPSA) is 54.6 Å². The van der Waals surface area contributed by atoms with Crippen molar-refractivity contribution in [2.24, 2.45) is 0 Å². The third-order valence-electron chi connectivity index (χ3n) is 1.91. The lowest BCUT2D eigenvalue weighted by atomic mass is 10.2. The van der Waals surface area contributed by atoms with Crippen LogP contribution in [0.4, 0.5) is 13.2 Å². The Bertz CT molecular complexity index is 213. The summed E-state index contributed by atoms with van der Waals surface area (Å²) in [6.45, 7) is 0.949. The van der Waals surface area contributed by atoms with Crippen molar-refractivity contribution in [3.05, 3.63) is 0 Å². The molecule has 0 aromatic carbocycles. The summed E-state index contributed by atoms with van der Waals surface area (Å²) in [7, 11) is 0. The van der Waals surface area contributed by atoms with E-state index in [1.54, 1.807) is 0 Å². The van der Waals surface area contributed by atoms with Gasteiger partial charge in [-0.3, -0.25) is 4.79 Å². The minimum Gasteiger partial charge on any atom is -0.376 e. The molecule has 1 amide bonds. The van der Waals surface area contributed by atoms with Gasteiger partial charge in [-0.25, -0.2) is 5.32 Å². The summed E-state index contributed by atoms with van der Waals surface area (Å²) in [5.41, 5.74) is 0. The van der Waals surface area contributed by atoms with Gasteiger partial charge in [0.2, 0.25) is 6.10 Å². The summed E-state index contributed by atoms with van der Waals surface area (Å²) < 4.78 is 35.8. The summed E-state index contributed by atoms with van der Waals surface area (Å²) in [5.74, 6) is -1.28. The second-order valence-corrected chi connectivity index (χ2v) is 2.94. The van der Waals surface area contributed by atoms with Crippen LogP contribution in [0.3, 0.4) is 0 Å². The van der Waals surface area contributed by atoms with E-state index >= 15 is 0 Å². The monoisotopic (exact) mass is 211 g/mol. The first-order valence-electron chi connectivity index (χ1n) is 4.10. The van der Waals surface area contributed by atoms with Crippen LogP contribution in [0.15, 0.2) is 0 Å². The summed E-state index contributed by atoms with van der Waals surface area (Å²) in [6.07, 6.45) is -7.79. The zero-order chi connectivity index (χ0) is 10.8. The molecule has 1 rings (SSSR count). The number of alkyl halides is 3. The summed E-state index contributed by atoms with van der Waals surface area (Å²) in [4.78, 5) is 12.0. The maximum absolute atomic E-state index is 11.9. The number of hydrogen-bond acceptors (Lipinski definition) is 2. The van der Waals surface area contributed by atoms with Gasteiger partial charge in [-0.05, 0) is 0 Å². The van der Waals surface area contributed by atoms with Gasteiger partial charge in [0.05, 0.1) is 0 Å². The molecule has 1 fully saturated rings. The van der Waals surface area contributed by atoms with Gasteiger partial charge in [0, 0.05) is 26.2 Å². The second kappa shape index (κ2) is 4.14. The third-order valence-corrected chi connectivity index (χ3v) is 1.91. The minimum absolute atomic E-state index is 0.145. The molecule has 0 aliphatic carbocycles. The number of hydrogen-bond donors (Lipinski definition) is 1. The number of amides is 1. The number of nitrogens with zero attached hydrogens (tertiary/aromatic N) is 2. The van der Waals surface area contributed by atoms with E-state index in [1.807, 2.05) is 0 Å². The van der Waals surface area contributed by atoms with Crippen LogP contribution in [0, 0.1) is 0 Å². The Morgan fingerprint density at radius 1 is 1.36 bits per heavy atom. The molecule has 0 aromatic rings. The summed E-state index contributed by atoms with van der Waals surface area (Å²) >= 11 is 0. The van der Waals surface area contributed by atoms with Gasteiger partial charge < -0.3 is 10.0 Å². The smallest absolute Gasteiger partial charge is 0.376 e. The van der Waals surface area contributed by atoms with E-state index in [-0.39, 0.29) is 13.1 Å². The van der Waals surface area contributed by atoms with Gasteiger partial charge in [-0.15, -0.1) is 0 Å². The van der Waals surface area contributed by atoms with Crippen LogP contribution < -0.4 is 5.32 Å².